The first-order chi connectivity index (χ1) is 21.7. The number of carbonyl (C=O) groups excluding carboxylic acids is 2. The van der Waals surface area contributed by atoms with Crippen molar-refractivity contribution < 1.29 is 27.9 Å². The number of nitrogens with zero attached hydrogens (tertiary/aromatic N) is 2. The second-order valence-electron chi connectivity index (χ2n) is 9.85. The first-order valence-corrected chi connectivity index (χ1v) is 14.8. The third-order valence-electron chi connectivity index (χ3n) is 6.50. The quantitative estimate of drug-likeness (QED) is 0.109. The summed E-state index contributed by atoms with van der Waals surface area (Å²) in [6, 6.07) is 23.7. The van der Waals surface area contributed by atoms with Crippen molar-refractivity contribution in [3.8, 4) is 17.2 Å². The molecule has 0 aliphatic rings. The van der Waals surface area contributed by atoms with Crippen molar-refractivity contribution in [2.24, 2.45) is 5.10 Å². The average molecular weight is 694 g/mol. The maximum absolute atomic E-state index is 13.4. The monoisotopic (exact) mass is 692 g/mol. The van der Waals surface area contributed by atoms with Crippen molar-refractivity contribution >= 4 is 51.2 Å². The Kier molecular flexibility index (Phi) is 10.0. The molecule has 230 valence electrons. The van der Waals surface area contributed by atoms with Crippen LogP contribution in [0.15, 0.2) is 98.9 Å². The summed E-state index contributed by atoms with van der Waals surface area (Å²) in [4.78, 5) is 25.0. The average Bonchev–Trinajstić information content (AvgIpc) is 3.62. The van der Waals surface area contributed by atoms with Crippen LogP contribution in [0.2, 0.25) is 5.02 Å². The number of furan rings is 1. The maximum Gasteiger partial charge on any atom is 0.307 e. The van der Waals surface area contributed by atoms with Gasteiger partial charge in [0, 0.05) is 33.3 Å². The summed E-state index contributed by atoms with van der Waals surface area (Å²) >= 11 is 9.55. The fourth-order valence-corrected chi connectivity index (χ4v) is 5.39. The molecule has 0 saturated heterocycles. The van der Waals surface area contributed by atoms with Gasteiger partial charge < -0.3 is 23.8 Å². The first kappa shape index (κ1) is 31.6. The molecule has 5 aromatic rings. The van der Waals surface area contributed by atoms with Gasteiger partial charge in [-0.1, -0.05) is 17.7 Å². The van der Waals surface area contributed by atoms with E-state index >= 15 is 0 Å². The van der Waals surface area contributed by atoms with Crippen LogP contribution in [0.3, 0.4) is 0 Å². The minimum absolute atomic E-state index is 0.0393. The van der Waals surface area contributed by atoms with E-state index in [0.717, 1.165) is 17.1 Å². The predicted octanol–water partition coefficient (Wildman–Crippen LogP) is 7.60. The molecule has 5 rings (SSSR count). The molecule has 9 nitrogen and oxygen atoms in total. The number of anilines is 1. The third kappa shape index (κ3) is 8.20. The Balaban J connectivity index is 1.15. The van der Waals surface area contributed by atoms with Crippen molar-refractivity contribution in [1.82, 2.24) is 9.99 Å². The van der Waals surface area contributed by atoms with E-state index < -0.39 is 17.6 Å². The van der Waals surface area contributed by atoms with E-state index in [1.807, 2.05) is 24.3 Å². The van der Waals surface area contributed by atoms with Gasteiger partial charge in [0.1, 0.15) is 29.7 Å². The van der Waals surface area contributed by atoms with Crippen molar-refractivity contribution in [3.63, 3.8) is 0 Å². The Morgan fingerprint density at radius 2 is 1.76 bits per heavy atom. The summed E-state index contributed by atoms with van der Waals surface area (Å²) in [6.07, 6.45) is 1.32. The molecule has 45 heavy (non-hydrogen) atoms. The van der Waals surface area contributed by atoms with E-state index in [9.17, 15) is 14.0 Å². The molecule has 0 unspecified atom stereocenters. The molecule has 3 aromatic carbocycles. The largest absolute Gasteiger partial charge is 0.486 e. The van der Waals surface area contributed by atoms with Crippen LogP contribution in [0.4, 0.5) is 10.1 Å². The zero-order valence-electron chi connectivity index (χ0n) is 24.1. The summed E-state index contributed by atoms with van der Waals surface area (Å²) in [7, 11) is 0. The summed E-state index contributed by atoms with van der Waals surface area (Å²) in [5, 5.41) is 6.91. The van der Waals surface area contributed by atoms with Gasteiger partial charge in [0.15, 0.2) is 12.4 Å². The standard InChI is InChI=1S/C33H27BrClFN4O5/c1-20-6-7-21(2)40(20)26-8-10-27(11-9-26)43-18-28-12-13-30(45-28)33(42)39-37-17-22-14-23(35)15-29(34)32(22)44-19-31(41)38-25-5-3-4-24(36)16-25/h3-17H,18-19H2,1-2H3,(H,38,41)(H,39,42)/b37-17+. The lowest BCUT2D eigenvalue weighted by Crippen LogP contribution is -2.21. The molecule has 0 bridgehead atoms. The zero-order chi connectivity index (χ0) is 31.9. The van der Waals surface area contributed by atoms with E-state index in [1.54, 1.807) is 24.3 Å². The van der Waals surface area contributed by atoms with Crippen LogP contribution < -0.4 is 20.2 Å². The minimum atomic E-state index is -0.586. The highest BCUT2D eigenvalue weighted by atomic mass is 79.9. The number of amides is 2. The van der Waals surface area contributed by atoms with Gasteiger partial charge in [0.05, 0.1) is 10.7 Å². The molecule has 0 atom stereocenters. The second kappa shape index (κ2) is 14.3. The van der Waals surface area contributed by atoms with Gasteiger partial charge in [-0.15, -0.1) is 0 Å². The molecule has 0 aliphatic heterocycles. The Labute approximate surface area is 271 Å². The van der Waals surface area contributed by atoms with Gasteiger partial charge in [-0.3, -0.25) is 9.59 Å². The van der Waals surface area contributed by atoms with Gasteiger partial charge in [-0.2, -0.15) is 5.10 Å². The smallest absolute Gasteiger partial charge is 0.307 e. The summed E-state index contributed by atoms with van der Waals surface area (Å²) < 4.78 is 33.2. The number of aromatic nitrogens is 1. The van der Waals surface area contributed by atoms with Crippen LogP contribution >= 0.6 is 27.5 Å². The molecule has 2 amide bonds. The van der Waals surface area contributed by atoms with E-state index in [2.05, 4.69) is 62.3 Å². The molecule has 0 radical (unpaired) electrons. The highest BCUT2D eigenvalue weighted by Crippen LogP contribution is 2.32. The molecule has 12 heteroatoms. The molecular weight excluding hydrogens is 667 g/mol. The Morgan fingerprint density at radius 3 is 2.49 bits per heavy atom. The number of ether oxygens (including phenoxy) is 2. The number of hydrogen-bond donors (Lipinski definition) is 2. The van der Waals surface area contributed by atoms with Crippen LogP contribution in [0.5, 0.6) is 11.5 Å². The lowest BCUT2D eigenvalue weighted by Gasteiger charge is -2.12. The SMILES string of the molecule is Cc1ccc(C)n1-c1ccc(OCc2ccc(C(=O)N/N=C/c3cc(Cl)cc(Br)c3OCC(=O)Nc3cccc(F)c3)o2)cc1. The van der Waals surface area contributed by atoms with Crippen LogP contribution in [0, 0.1) is 19.7 Å². The van der Waals surface area contributed by atoms with Crippen LogP contribution in [-0.4, -0.2) is 29.2 Å². The van der Waals surface area contributed by atoms with E-state index in [0.29, 0.717) is 32.3 Å². The van der Waals surface area contributed by atoms with Crippen molar-refractivity contribution in [3.05, 3.63) is 129 Å². The van der Waals surface area contributed by atoms with Gasteiger partial charge in [-0.25, -0.2) is 9.82 Å². The van der Waals surface area contributed by atoms with Crippen molar-refractivity contribution in [2.75, 3.05) is 11.9 Å². The van der Waals surface area contributed by atoms with Crippen molar-refractivity contribution in [2.45, 2.75) is 20.5 Å². The first-order valence-electron chi connectivity index (χ1n) is 13.6. The number of halogens is 3. The Morgan fingerprint density at radius 1 is 1.00 bits per heavy atom. The number of carbonyl (C=O) groups is 2. The minimum Gasteiger partial charge on any atom is -0.486 e. The number of aryl methyl sites for hydroxylation is 2. The Hall–Kier alpha value is -4.87. The summed E-state index contributed by atoms with van der Waals surface area (Å²) in [5.74, 6) is -0.156. The molecular formula is C33H27BrClFN4O5. The van der Waals surface area contributed by atoms with Gasteiger partial charge in [-0.05, 0) is 109 Å². The normalized spacial score (nSPS) is 11.0. The molecule has 0 fully saturated rings. The van der Waals surface area contributed by atoms with Crippen LogP contribution in [-0.2, 0) is 11.4 Å². The van der Waals surface area contributed by atoms with Crippen LogP contribution in [0.1, 0.15) is 33.3 Å². The predicted molar refractivity (Wildman–Crippen MR) is 173 cm³/mol. The zero-order valence-corrected chi connectivity index (χ0v) is 26.5. The van der Waals surface area contributed by atoms with Crippen molar-refractivity contribution in [1.29, 1.82) is 0 Å². The highest BCUT2D eigenvalue weighted by molar-refractivity contribution is 9.10. The molecule has 2 N–H and O–H groups in total. The Bertz CT molecular complexity index is 1850. The van der Waals surface area contributed by atoms with E-state index in [-0.39, 0.29) is 24.7 Å². The molecule has 2 aromatic heterocycles. The highest BCUT2D eigenvalue weighted by Gasteiger charge is 2.14. The lowest BCUT2D eigenvalue weighted by atomic mass is 10.2. The number of rotatable bonds is 11. The van der Waals surface area contributed by atoms with Crippen LogP contribution in [0.25, 0.3) is 5.69 Å². The molecule has 0 spiro atoms. The third-order valence-corrected chi connectivity index (χ3v) is 7.30. The van der Waals surface area contributed by atoms with E-state index in [4.69, 9.17) is 25.5 Å². The molecule has 0 saturated carbocycles. The van der Waals surface area contributed by atoms with Gasteiger partial charge in [0.25, 0.3) is 5.91 Å². The van der Waals surface area contributed by atoms with Gasteiger partial charge >= 0.3 is 5.91 Å². The number of nitrogens with one attached hydrogen (secondary N) is 2. The fraction of sp³-hybridized carbons (Fsp3) is 0.121. The number of benzene rings is 3. The second-order valence-corrected chi connectivity index (χ2v) is 11.1. The molecule has 0 aliphatic carbocycles. The number of hydrazone groups is 1. The lowest BCUT2D eigenvalue weighted by molar-refractivity contribution is -0.118. The summed E-state index contributed by atoms with van der Waals surface area (Å²) in [6.45, 7) is 3.86. The van der Waals surface area contributed by atoms with Gasteiger partial charge in [0.2, 0.25) is 0 Å². The fourth-order valence-electron chi connectivity index (χ4n) is 4.44. The summed E-state index contributed by atoms with van der Waals surface area (Å²) in [5.41, 5.74) is 6.40. The topological polar surface area (TPSA) is 107 Å². The number of hydrogen-bond acceptors (Lipinski definition) is 6. The maximum atomic E-state index is 13.4. The molecule has 2 heterocycles. The van der Waals surface area contributed by atoms with E-state index in [1.165, 1.54) is 30.5 Å².